The van der Waals surface area contributed by atoms with E-state index in [0.29, 0.717) is 37.2 Å². The second-order valence-corrected chi connectivity index (χ2v) is 10.2. The van der Waals surface area contributed by atoms with Crippen LogP contribution in [0.3, 0.4) is 0 Å². The smallest absolute Gasteiger partial charge is 0.255 e. The summed E-state index contributed by atoms with van der Waals surface area (Å²) in [5.41, 5.74) is 2.38. The summed E-state index contributed by atoms with van der Waals surface area (Å²) >= 11 is 0. The zero-order valence-corrected chi connectivity index (χ0v) is 23.6. The fourth-order valence-corrected chi connectivity index (χ4v) is 4.75. The fraction of sp³-hybridized carbons (Fsp3) is 0.333. The van der Waals surface area contributed by atoms with Gasteiger partial charge in [0, 0.05) is 25.9 Å². The van der Waals surface area contributed by atoms with Gasteiger partial charge in [-0.05, 0) is 48.9 Å². The van der Waals surface area contributed by atoms with Crippen LogP contribution in [0, 0.1) is 0 Å². The van der Waals surface area contributed by atoms with Crippen LogP contribution in [0.1, 0.15) is 47.2 Å². The number of hydrogen-bond acceptors (Lipinski definition) is 5. The largest absolute Gasteiger partial charge is 0.493 e. The van der Waals surface area contributed by atoms with Crippen LogP contribution in [0.5, 0.6) is 5.75 Å². The molecule has 0 saturated heterocycles. The zero-order valence-electron chi connectivity index (χ0n) is 23.6. The third-order valence-corrected chi connectivity index (χ3v) is 7.01. The molecule has 0 aromatic heterocycles. The fourth-order valence-electron chi connectivity index (χ4n) is 4.75. The van der Waals surface area contributed by atoms with E-state index in [4.69, 9.17) is 4.74 Å². The highest BCUT2D eigenvalue weighted by Crippen LogP contribution is 2.19. The minimum absolute atomic E-state index is 0.0564. The van der Waals surface area contributed by atoms with Crippen molar-refractivity contribution < 1.29 is 23.9 Å². The molecule has 4 amide bonds. The Balaban J connectivity index is 1.46. The van der Waals surface area contributed by atoms with E-state index < -0.39 is 18.0 Å². The summed E-state index contributed by atoms with van der Waals surface area (Å²) < 4.78 is 5.87. The highest BCUT2D eigenvalue weighted by atomic mass is 16.5. The second-order valence-electron chi connectivity index (χ2n) is 10.2. The molecule has 0 spiro atoms. The van der Waals surface area contributed by atoms with Crippen molar-refractivity contribution >= 4 is 23.6 Å². The van der Waals surface area contributed by atoms with Crippen molar-refractivity contribution in [3.8, 4) is 5.75 Å². The van der Waals surface area contributed by atoms with Crippen LogP contribution in [0.4, 0.5) is 0 Å². The maximum Gasteiger partial charge on any atom is 0.255 e. The lowest BCUT2D eigenvalue weighted by Crippen LogP contribution is -2.50. The van der Waals surface area contributed by atoms with Crippen LogP contribution in [0.25, 0.3) is 0 Å². The Kier molecular flexibility index (Phi) is 11.5. The first kappa shape index (κ1) is 30.3. The number of nitrogens with one attached hydrogen (secondary N) is 4. The molecule has 9 nitrogen and oxygen atoms in total. The Bertz CT molecular complexity index is 1330. The third-order valence-electron chi connectivity index (χ3n) is 7.01. The highest BCUT2D eigenvalue weighted by Gasteiger charge is 2.26. The predicted molar refractivity (Wildman–Crippen MR) is 160 cm³/mol. The minimum Gasteiger partial charge on any atom is -0.493 e. The Labute approximate surface area is 246 Å². The first-order valence-corrected chi connectivity index (χ1v) is 14.4. The first-order chi connectivity index (χ1) is 20.5. The summed E-state index contributed by atoms with van der Waals surface area (Å²) in [4.78, 5) is 52.6. The van der Waals surface area contributed by atoms with Gasteiger partial charge < -0.3 is 26.0 Å². The number of amides is 4. The number of para-hydroxylation sites is 1. The Hall–Kier alpha value is -4.66. The minimum atomic E-state index is -0.956. The molecule has 0 saturated carbocycles. The molecule has 1 aliphatic heterocycles. The van der Waals surface area contributed by atoms with Gasteiger partial charge >= 0.3 is 0 Å². The van der Waals surface area contributed by atoms with Crippen LogP contribution in [0.15, 0.2) is 84.9 Å². The second kappa shape index (κ2) is 16.0. The summed E-state index contributed by atoms with van der Waals surface area (Å²) in [5.74, 6) is -1.12. The maximum absolute atomic E-state index is 13.3. The Morgan fingerprint density at radius 1 is 0.857 bits per heavy atom. The molecule has 9 heteroatoms. The number of benzene rings is 3. The SMILES string of the molecule is O=C1CC[C@@H](C(=O)NCCCc2ccccc2)NC(=O)c2ccccc2OCCCNC(=O)[C@H](Cc2ccccc2)N1. The predicted octanol–water partition coefficient (Wildman–Crippen LogP) is 2.94. The van der Waals surface area contributed by atoms with Gasteiger partial charge in [-0.2, -0.15) is 0 Å². The number of carbonyl (C=O) groups excluding carboxylic acids is 4. The van der Waals surface area contributed by atoms with Crippen molar-refractivity contribution in [3.63, 3.8) is 0 Å². The summed E-state index contributed by atoms with van der Waals surface area (Å²) in [6, 6.07) is 24.5. The molecule has 2 atom stereocenters. The van der Waals surface area contributed by atoms with E-state index in [-0.39, 0.29) is 37.2 Å². The molecule has 0 radical (unpaired) electrons. The summed E-state index contributed by atoms with van der Waals surface area (Å²) in [6.45, 7) is 1.04. The van der Waals surface area contributed by atoms with Gasteiger partial charge in [0.05, 0.1) is 12.2 Å². The molecule has 0 unspecified atom stereocenters. The van der Waals surface area contributed by atoms with Gasteiger partial charge in [-0.1, -0.05) is 72.8 Å². The van der Waals surface area contributed by atoms with Crippen LogP contribution in [0.2, 0.25) is 0 Å². The molecule has 220 valence electrons. The monoisotopic (exact) mass is 570 g/mol. The van der Waals surface area contributed by atoms with E-state index in [1.807, 2.05) is 60.7 Å². The van der Waals surface area contributed by atoms with E-state index >= 15 is 0 Å². The molecule has 1 aliphatic rings. The van der Waals surface area contributed by atoms with E-state index in [0.717, 1.165) is 18.4 Å². The third kappa shape index (κ3) is 9.47. The standard InChI is InChI=1S/C33H38N4O5/c38-30-19-18-27(32(40)34-20-9-15-24-11-3-1-4-12-24)37-31(39)26-16-7-8-17-29(26)42-22-10-21-35-33(41)28(36-30)23-25-13-5-2-6-14-25/h1-8,11-14,16-17,27-28H,9-10,15,18-23H2,(H,34,40)(H,35,41)(H,36,38)(H,37,39)/t27-,28-/m0/s1. The molecule has 0 bridgehead atoms. The van der Waals surface area contributed by atoms with Crippen LogP contribution >= 0.6 is 0 Å². The molecule has 1 heterocycles. The Morgan fingerprint density at radius 3 is 2.31 bits per heavy atom. The van der Waals surface area contributed by atoms with Gasteiger partial charge in [-0.15, -0.1) is 0 Å². The normalized spacial score (nSPS) is 18.4. The van der Waals surface area contributed by atoms with Gasteiger partial charge in [0.25, 0.3) is 5.91 Å². The molecular formula is C33H38N4O5. The van der Waals surface area contributed by atoms with E-state index in [9.17, 15) is 19.2 Å². The number of hydrogen-bond donors (Lipinski definition) is 4. The molecular weight excluding hydrogens is 532 g/mol. The van der Waals surface area contributed by atoms with Crippen molar-refractivity contribution in [3.05, 3.63) is 102 Å². The lowest BCUT2D eigenvalue weighted by atomic mass is 10.0. The van der Waals surface area contributed by atoms with E-state index in [1.165, 1.54) is 5.56 Å². The lowest BCUT2D eigenvalue weighted by Gasteiger charge is -2.22. The molecule has 4 N–H and O–H groups in total. The van der Waals surface area contributed by atoms with Crippen LogP contribution in [-0.4, -0.2) is 55.4 Å². The zero-order chi connectivity index (χ0) is 29.6. The summed E-state index contributed by atoms with van der Waals surface area (Å²) in [6.07, 6.45) is 2.36. The lowest BCUT2D eigenvalue weighted by molar-refractivity contribution is -0.129. The van der Waals surface area contributed by atoms with E-state index in [2.05, 4.69) is 21.3 Å². The van der Waals surface area contributed by atoms with Crippen molar-refractivity contribution in [1.82, 2.24) is 21.3 Å². The number of fused-ring (bicyclic) bond motifs is 1. The van der Waals surface area contributed by atoms with Crippen molar-refractivity contribution in [2.75, 3.05) is 19.7 Å². The summed E-state index contributed by atoms with van der Waals surface area (Å²) in [5, 5.41) is 11.4. The molecule has 4 rings (SSSR count). The number of aryl methyl sites for hydroxylation is 1. The van der Waals surface area contributed by atoms with Gasteiger partial charge in [-0.3, -0.25) is 19.2 Å². The number of carbonyl (C=O) groups is 4. The number of rotatable bonds is 7. The average Bonchev–Trinajstić information content (AvgIpc) is 3.01. The maximum atomic E-state index is 13.3. The topological polar surface area (TPSA) is 126 Å². The highest BCUT2D eigenvalue weighted by molar-refractivity contribution is 5.99. The van der Waals surface area contributed by atoms with Gasteiger partial charge in [-0.25, -0.2) is 0 Å². The molecule has 3 aromatic carbocycles. The molecule has 3 aromatic rings. The van der Waals surface area contributed by atoms with Crippen molar-refractivity contribution in [2.45, 2.75) is 50.6 Å². The van der Waals surface area contributed by atoms with Gasteiger partial charge in [0.15, 0.2) is 0 Å². The molecule has 0 fully saturated rings. The van der Waals surface area contributed by atoms with Crippen LogP contribution < -0.4 is 26.0 Å². The quantitative estimate of drug-likeness (QED) is 0.325. The van der Waals surface area contributed by atoms with Crippen molar-refractivity contribution in [1.29, 1.82) is 0 Å². The molecule has 0 aliphatic carbocycles. The van der Waals surface area contributed by atoms with E-state index in [1.54, 1.807) is 24.3 Å². The van der Waals surface area contributed by atoms with Crippen molar-refractivity contribution in [2.24, 2.45) is 0 Å². The average molecular weight is 571 g/mol. The Morgan fingerprint density at radius 2 is 1.55 bits per heavy atom. The molecule has 42 heavy (non-hydrogen) atoms. The first-order valence-electron chi connectivity index (χ1n) is 14.4. The van der Waals surface area contributed by atoms with Gasteiger partial charge in [0.1, 0.15) is 17.8 Å². The summed E-state index contributed by atoms with van der Waals surface area (Å²) in [7, 11) is 0. The van der Waals surface area contributed by atoms with Crippen LogP contribution in [-0.2, 0) is 27.2 Å². The van der Waals surface area contributed by atoms with Gasteiger partial charge in [0.2, 0.25) is 17.7 Å². The number of ether oxygens (including phenoxy) is 1.